The molecular weight excluding hydrogens is 141 g/mol. The smallest absolute Gasteiger partial charge is 0.113 e. The molecule has 1 aliphatic heterocycles. The van der Waals surface area contributed by atoms with Crippen molar-refractivity contribution in [3.05, 3.63) is 0 Å². The van der Waals surface area contributed by atoms with Crippen molar-refractivity contribution in [1.29, 1.82) is 0 Å². The monoisotopic (exact) mass is 159 g/mol. The quantitative estimate of drug-likeness (QED) is 0.567. The van der Waals surface area contributed by atoms with Crippen LogP contribution < -0.4 is 0 Å². The Morgan fingerprint density at radius 1 is 1.36 bits per heavy atom. The third-order valence-electron chi connectivity index (χ3n) is 2.38. The van der Waals surface area contributed by atoms with Crippen LogP contribution in [0.3, 0.4) is 0 Å². The topological polar surface area (TPSA) is 3.24 Å². The molecule has 2 heteroatoms. The molecule has 1 aliphatic rings. The Hall–Kier alpha value is -0.110. The molecule has 1 fully saturated rings. The van der Waals surface area contributed by atoms with Gasteiger partial charge in [0.1, 0.15) is 6.17 Å². The van der Waals surface area contributed by atoms with Gasteiger partial charge in [-0.15, -0.1) is 0 Å². The van der Waals surface area contributed by atoms with E-state index in [0.29, 0.717) is 12.6 Å². The molecule has 1 atom stereocenters. The second kappa shape index (κ2) is 4.05. The first kappa shape index (κ1) is 8.98. The van der Waals surface area contributed by atoms with Gasteiger partial charge in [-0.2, -0.15) is 0 Å². The van der Waals surface area contributed by atoms with Crippen LogP contribution >= 0.6 is 0 Å². The van der Waals surface area contributed by atoms with Crippen LogP contribution in [0.1, 0.15) is 33.1 Å². The summed E-state index contributed by atoms with van der Waals surface area (Å²) < 4.78 is 13.0. The summed E-state index contributed by atoms with van der Waals surface area (Å²) in [5.41, 5.74) is 0. The number of nitrogens with zero attached hydrogens (tertiary/aromatic N) is 1. The molecule has 0 bridgehead atoms. The average molecular weight is 159 g/mol. The molecule has 0 spiro atoms. The van der Waals surface area contributed by atoms with E-state index in [2.05, 4.69) is 18.7 Å². The second-order valence-electron chi connectivity index (χ2n) is 3.68. The molecule has 0 aromatic carbocycles. The van der Waals surface area contributed by atoms with Crippen molar-refractivity contribution in [2.45, 2.75) is 45.3 Å². The fourth-order valence-corrected chi connectivity index (χ4v) is 1.59. The molecule has 1 nitrogen and oxygen atoms in total. The van der Waals surface area contributed by atoms with Crippen LogP contribution in [0.25, 0.3) is 0 Å². The molecule has 0 aromatic heterocycles. The highest BCUT2D eigenvalue weighted by atomic mass is 19.1. The molecule has 0 aromatic rings. The Kier molecular flexibility index (Phi) is 3.31. The summed E-state index contributed by atoms with van der Waals surface area (Å²) in [5.74, 6) is 0. The molecule has 0 amide bonds. The van der Waals surface area contributed by atoms with Crippen LogP contribution in [0.15, 0.2) is 0 Å². The van der Waals surface area contributed by atoms with Gasteiger partial charge in [0.25, 0.3) is 0 Å². The minimum atomic E-state index is -0.583. The standard InChI is InChI=1S/C9H18FN/c1-8(2)11-6-4-3-5-9(10)7-11/h8-9H,3-7H2,1-2H3. The molecule has 0 radical (unpaired) electrons. The molecule has 11 heavy (non-hydrogen) atoms. The summed E-state index contributed by atoms with van der Waals surface area (Å²) in [6.45, 7) is 6.01. The summed E-state index contributed by atoms with van der Waals surface area (Å²) >= 11 is 0. The van der Waals surface area contributed by atoms with Crippen molar-refractivity contribution >= 4 is 0 Å². The Morgan fingerprint density at radius 3 is 2.73 bits per heavy atom. The number of hydrogen-bond acceptors (Lipinski definition) is 1. The lowest BCUT2D eigenvalue weighted by atomic mass is 10.2. The lowest BCUT2D eigenvalue weighted by Gasteiger charge is -2.24. The predicted octanol–water partition coefficient (Wildman–Crippen LogP) is 2.22. The average Bonchev–Trinajstić information content (AvgIpc) is 2.13. The number of hydrogen-bond donors (Lipinski definition) is 0. The van der Waals surface area contributed by atoms with Crippen molar-refractivity contribution in [2.24, 2.45) is 0 Å². The van der Waals surface area contributed by atoms with Gasteiger partial charge < -0.3 is 0 Å². The first-order chi connectivity index (χ1) is 5.20. The molecule has 66 valence electrons. The van der Waals surface area contributed by atoms with Crippen molar-refractivity contribution in [3.8, 4) is 0 Å². The highest BCUT2D eigenvalue weighted by Crippen LogP contribution is 2.14. The molecule has 1 heterocycles. The first-order valence-corrected chi connectivity index (χ1v) is 4.58. The maximum Gasteiger partial charge on any atom is 0.113 e. The summed E-state index contributed by atoms with van der Waals surface area (Å²) in [7, 11) is 0. The largest absolute Gasteiger partial charge is 0.298 e. The molecule has 1 unspecified atom stereocenters. The predicted molar refractivity (Wildman–Crippen MR) is 45.5 cm³/mol. The van der Waals surface area contributed by atoms with Gasteiger partial charge in [0.2, 0.25) is 0 Å². The SMILES string of the molecule is CC(C)N1CCCCC(F)C1. The van der Waals surface area contributed by atoms with Crippen LogP contribution in [0.2, 0.25) is 0 Å². The van der Waals surface area contributed by atoms with E-state index in [-0.39, 0.29) is 0 Å². The summed E-state index contributed by atoms with van der Waals surface area (Å²) in [5, 5.41) is 0. The highest BCUT2D eigenvalue weighted by Gasteiger charge is 2.18. The Morgan fingerprint density at radius 2 is 2.09 bits per heavy atom. The van der Waals surface area contributed by atoms with Gasteiger partial charge in [0.15, 0.2) is 0 Å². The Bertz CT molecular complexity index is 114. The van der Waals surface area contributed by atoms with E-state index in [4.69, 9.17) is 0 Å². The lowest BCUT2D eigenvalue weighted by molar-refractivity contribution is 0.174. The van der Waals surface area contributed by atoms with E-state index in [0.717, 1.165) is 19.4 Å². The van der Waals surface area contributed by atoms with E-state index in [9.17, 15) is 4.39 Å². The maximum absolute atomic E-state index is 13.0. The normalized spacial score (nSPS) is 28.9. The van der Waals surface area contributed by atoms with Crippen LogP contribution in [0.5, 0.6) is 0 Å². The minimum Gasteiger partial charge on any atom is -0.298 e. The minimum absolute atomic E-state index is 0.506. The van der Waals surface area contributed by atoms with E-state index in [1.165, 1.54) is 6.42 Å². The Labute approximate surface area is 68.6 Å². The molecule has 1 rings (SSSR count). The van der Waals surface area contributed by atoms with Gasteiger partial charge in [-0.05, 0) is 39.7 Å². The third kappa shape index (κ3) is 2.78. The molecule has 0 N–H and O–H groups in total. The number of halogens is 1. The fourth-order valence-electron chi connectivity index (χ4n) is 1.59. The van der Waals surface area contributed by atoms with Gasteiger partial charge in [-0.1, -0.05) is 0 Å². The summed E-state index contributed by atoms with van der Waals surface area (Å²) in [6, 6.07) is 0.506. The maximum atomic E-state index is 13.0. The zero-order valence-corrected chi connectivity index (χ0v) is 7.52. The fraction of sp³-hybridized carbons (Fsp3) is 1.00. The van der Waals surface area contributed by atoms with E-state index in [1.54, 1.807) is 0 Å². The van der Waals surface area contributed by atoms with Crippen molar-refractivity contribution in [3.63, 3.8) is 0 Å². The zero-order valence-electron chi connectivity index (χ0n) is 7.52. The molecule has 1 saturated heterocycles. The van der Waals surface area contributed by atoms with Gasteiger partial charge in [-0.3, -0.25) is 4.90 Å². The van der Waals surface area contributed by atoms with Crippen molar-refractivity contribution in [1.82, 2.24) is 4.90 Å². The second-order valence-corrected chi connectivity index (χ2v) is 3.68. The third-order valence-corrected chi connectivity index (χ3v) is 2.38. The van der Waals surface area contributed by atoms with Crippen LogP contribution in [-0.4, -0.2) is 30.2 Å². The van der Waals surface area contributed by atoms with E-state index >= 15 is 0 Å². The summed E-state index contributed by atoms with van der Waals surface area (Å²) in [6.07, 6.45) is 2.41. The summed E-state index contributed by atoms with van der Waals surface area (Å²) in [4.78, 5) is 2.23. The number of rotatable bonds is 1. The van der Waals surface area contributed by atoms with Gasteiger partial charge in [0, 0.05) is 12.6 Å². The zero-order chi connectivity index (χ0) is 8.27. The lowest BCUT2D eigenvalue weighted by Crippen LogP contribution is -2.35. The van der Waals surface area contributed by atoms with E-state index in [1.807, 2.05) is 0 Å². The Balaban J connectivity index is 2.39. The first-order valence-electron chi connectivity index (χ1n) is 4.58. The van der Waals surface area contributed by atoms with Crippen LogP contribution in [-0.2, 0) is 0 Å². The van der Waals surface area contributed by atoms with Crippen LogP contribution in [0.4, 0.5) is 4.39 Å². The highest BCUT2D eigenvalue weighted by molar-refractivity contribution is 4.72. The van der Waals surface area contributed by atoms with Gasteiger partial charge in [0.05, 0.1) is 0 Å². The van der Waals surface area contributed by atoms with E-state index < -0.39 is 6.17 Å². The molecule has 0 saturated carbocycles. The number of likely N-dealkylation sites (tertiary alicyclic amines) is 1. The molecule has 0 aliphatic carbocycles. The number of alkyl halides is 1. The van der Waals surface area contributed by atoms with Crippen LogP contribution in [0, 0.1) is 0 Å². The van der Waals surface area contributed by atoms with Crippen molar-refractivity contribution in [2.75, 3.05) is 13.1 Å². The van der Waals surface area contributed by atoms with Gasteiger partial charge >= 0.3 is 0 Å². The van der Waals surface area contributed by atoms with Crippen molar-refractivity contribution < 1.29 is 4.39 Å². The molecular formula is C9H18FN. The van der Waals surface area contributed by atoms with Gasteiger partial charge in [-0.25, -0.2) is 4.39 Å².